The lowest BCUT2D eigenvalue weighted by Gasteiger charge is -2.13. The van der Waals surface area contributed by atoms with E-state index in [1.54, 1.807) is 19.2 Å². The molecule has 0 saturated heterocycles. The van der Waals surface area contributed by atoms with Crippen LogP contribution >= 0.6 is 0 Å². The highest BCUT2D eigenvalue weighted by atomic mass is 19.1. The molecule has 0 aliphatic rings. The molecule has 3 N–H and O–H groups in total. The molecule has 1 atom stereocenters. The monoisotopic (exact) mass is 317 g/mol. The van der Waals surface area contributed by atoms with Crippen molar-refractivity contribution in [1.82, 2.24) is 0 Å². The number of nitrogens with two attached hydrogens (primary N) is 1. The average molecular weight is 317 g/mol. The summed E-state index contributed by atoms with van der Waals surface area (Å²) in [4.78, 5) is 4.23. The van der Waals surface area contributed by atoms with Crippen LogP contribution in [0.2, 0.25) is 0 Å². The van der Waals surface area contributed by atoms with Crippen LogP contribution in [0.4, 0.5) is 10.1 Å². The van der Waals surface area contributed by atoms with Gasteiger partial charge in [0.1, 0.15) is 23.4 Å². The number of nitrogens with zero attached hydrogens (tertiary/aromatic N) is 1. The summed E-state index contributed by atoms with van der Waals surface area (Å²) in [7, 11) is 1.60. The highest BCUT2D eigenvalue weighted by molar-refractivity contribution is 5.92. The number of hydrogen-bond acceptors (Lipinski definition) is 3. The van der Waals surface area contributed by atoms with Crippen molar-refractivity contribution >= 4 is 11.6 Å². The number of anilines is 1. The first-order chi connectivity index (χ1) is 11.1. The molecule has 122 valence electrons. The first kappa shape index (κ1) is 16.6. The molecule has 0 spiro atoms. The van der Waals surface area contributed by atoms with Crippen molar-refractivity contribution in [2.24, 2.45) is 10.7 Å². The molecule has 0 amide bonds. The van der Waals surface area contributed by atoms with E-state index in [1.807, 2.05) is 31.2 Å². The van der Waals surface area contributed by atoms with E-state index in [0.29, 0.717) is 12.3 Å². The topological polar surface area (TPSA) is 68.9 Å². The van der Waals surface area contributed by atoms with Crippen molar-refractivity contribution in [3.8, 4) is 11.5 Å². The molecule has 0 saturated carbocycles. The van der Waals surface area contributed by atoms with Gasteiger partial charge in [0, 0.05) is 11.8 Å². The molecule has 0 radical (unpaired) electrons. The molecule has 2 aromatic carbocycles. The van der Waals surface area contributed by atoms with Crippen molar-refractivity contribution in [2.45, 2.75) is 13.0 Å². The number of ether oxygens (including phenoxy) is 2. The molecule has 0 aliphatic carbocycles. The van der Waals surface area contributed by atoms with Gasteiger partial charge < -0.3 is 20.5 Å². The van der Waals surface area contributed by atoms with Crippen molar-refractivity contribution in [3.63, 3.8) is 0 Å². The maximum atomic E-state index is 12.8. The summed E-state index contributed by atoms with van der Waals surface area (Å²) in [5.41, 5.74) is 6.64. The highest BCUT2D eigenvalue weighted by Gasteiger charge is 2.04. The summed E-state index contributed by atoms with van der Waals surface area (Å²) in [5, 5.41) is 2.99. The Bertz CT molecular complexity index is 659. The van der Waals surface area contributed by atoms with Crippen LogP contribution in [0.1, 0.15) is 6.92 Å². The van der Waals surface area contributed by atoms with Crippen LogP contribution in [0, 0.1) is 5.82 Å². The van der Waals surface area contributed by atoms with Crippen LogP contribution in [-0.4, -0.2) is 25.7 Å². The van der Waals surface area contributed by atoms with E-state index in [1.165, 1.54) is 12.1 Å². The fourth-order valence-corrected chi connectivity index (χ4v) is 1.90. The average Bonchev–Trinajstić information content (AvgIpc) is 2.55. The van der Waals surface area contributed by atoms with Gasteiger partial charge in [-0.3, -0.25) is 0 Å². The summed E-state index contributed by atoms with van der Waals surface area (Å²) >= 11 is 0. The van der Waals surface area contributed by atoms with E-state index in [9.17, 15) is 4.39 Å². The molecule has 0 fully saturated rings. The van der Waals surface area contributed by atoms with Gasteiger partial charge in [-0.1, -0.05) is 6.07 Å². The van der Waals surface area contributed by atoms with E-state index in [0.717, 1.165) is 11.4 Å². The zero-order chi connectivity index (χ0) is 16.7. The molecular formula is C17H20FN3O2. The predicted molar refractivity (Wildman–Crippen MR) is 89.6 cm³/mol. The fraction of sp³-hybridized carbons (Fsp3) is 0.235. The largest absolute Gasteiger partial charge is 0.497 e. The normalized spacial score (nSPS) is 12.6. The lowest BCUT2D eigenvalue weighted by molar-refractivity contribution is 0.230. The van der Waals surface area contributed by atoms with Crippen molar-refractivity contribution in [1.29, 1.82) is 0 Å². The molecule has 0 bridgehead atoms. The first-order valence-corrected chi connectivity index (χ1v) is 7.20. The van der Waals surface area contributed by atoms with Crippen molar-refractivity contribution in [2.75, 3.05) is 19.0 Å². The van der Waals surface area contributed by atoms with Gasteiger partial charge in [0.05, 0.1) is 13.7 Å². The summed E-state index contributed by atoms with van der Waals surface area (Å²) in [6.45, 7) is 2.24. The van der Waals surface area contributed by atoms with E-state index in [4.69, 9.17) is 15.2 Å². The Morgan fingerprint density at radius 2 is 1.96 bits per heavy atom. The number of rotatable bonds is 6. The van der Waals surface area contributed by atoms with Gasteiger partial charge in [0.25, 0.3) is 0 Å². The third-order valence-corrected chi connectivity index (χ3v) is 3.01. The lowest BCUT2D eigenvalue weighted by Crippen LogP contribution is -2.25. The van der Waals surface area contributed by atoms with E-state index in [2.05, 4.69) is 10.3 Å². The second kappa shape index (κ2) is 8.03. The van der Waals surface area contributed by atoms with Gasteiger partial charge in [-0.15, -0.1) is 0 Å². The number of nitrogens with one attached hydrogen (secondary N) is 1. The summed E-state index contributed by atoms with van der Waals surface area (Å²) in [5.74, 6) is 1.31. The number of aliphatic imine (C=N–C) groups is 1. The number of hydrogen-bond donors (Lipinski definition) is 2. The van der Waals surface area contributed by atoms with Crippen LogP contribution in [0.3, 0.4) is 0 Å². The van der Waals surface area contributed by atoms with Gasteiger partial charge >= 0.3 is 0 Å². The summed E-state index contributed by atoms with van der Waals surface area (Å²) < 4.78 is 23.6. The predicted octanol–water partition coefficient (Wildman–Crippen LogP) is 3.03. The second-order valence-corrected chi connectivity index (χ2v) is 4.97. The molecule has 0 aliphatic heterocycles. The van der Waals surface area contributed by atoms with Gasteiger partial charge in [-0.2, -0.15) is 0 Å². The van der Waals surface area contributed by atoms with E-state index >= 15 is 0 Å². The van der Waals surface area contributed by atoms with Crippen LogP contribution in [0.25, 0.3) is 0 Å². The zero-order valence-corrected chi connectivity index (χ0v) is 13.1. The minimum atomic E-state index is -0.297. The standard InChI is InChI=1S/C17H20FN3O2/c1-12(23-15-8-6-13(18)7-9-15)11-20-17(19)21-14-4-3-5-16(10-14)22-2/h3-10,12H,11H2,1-2H3,(H3,19,20,21). The Labute approximate surface area is 134 Å². The van der Waals surface area contributed by atoms with E-state index < -0.39 is 0 Å². The SMILES string of the molecule is COc1cccc(NC(N)=NCC(C)Oc2ccc(F)cc2)c1. The maximum absolute atomic E-state index is 12.8. The molecular weight excluding hydrogens is 297 g/mol. The molecule has 0 aromatic heterocycles. The van der Waals surface area contributed by atoms with Gasteiger partial charge in [-0.05, 0) is 43.3 Å². The Hall–Kier alpha value is -2.76. The van der Waals surface area contributed by atoms with Crippen LogP contribution < -0.4 is 20.5 Å². The van der Waals surface area contributed by atoms with E-state index in [-0.39, 0.29) is 17.9 Å². The lowest BCUT2D eigenvalue weighted by atomic mass is 10.3. The van der Waals surface area contributed by atoms with Crippen LogP contribution in [0.15, 0.2) is 53.5 Å². The molecule has 2 rings (SSSR count). The molecule has 23 heavy (non-hydrogen) atoms. The first-order valence-electron chi connectivity index (χ1n) is 7.20. The zero-order valence-electron chi connectivity index (χ0n) is 13.1. The van der Waals surface area contributed by atoms with Crippen molar-refractivity contribution in [3.05, 3.63) is 54.3 Å². The second-order valence-electron chi connectivity index (χ2n) is 4.97. The molecule has 6 heteroatoms. The number of guanidine groups is 1. The quantitative estimate of drug-likeness (QED) is 0.635. The van der Waals surface area contributed by atoms with Crippen LogP contribution in [-0.2, 0) is 0 Å². The summed E-state index contributed by atoms with van der Waals surface area (Å²) in [6.07, 6.45) is -0.189. The molecule has 5 nitrogen and oxygen atoms in total. The Morgan fingerprint density at radius 1 is 1.22 bits per heavy atom. The number of methoxy groups -OCH3 is 1. The molecule has 1 unspecified atom stereocenters. The fourth-order valence-electron chi connectivity index (χ4n) is 1.90. The minimum absolute atomic E-state index is 0.189. The van der Waals surface area contributed by atoms with Gasteiger partial charge in [0.2, 0.25) is 0 Å². The van der Waals surface area contributed by atoms with Gasteiger partial charge in [0.15, 0.2) is 5.96 Å². The Morgan fingerprint density at radius 3 is 2.65 bits per heavy atom. The van der Waals surface area contributed by atoms with Gasteiger partial charge in [-0.25, -0.2) is 9.38 Å². The third kappa shape index (κ3) is 5.50. The molecule has 2 aromatic rings. The number of halogens is 1. The van der Waals surface area contributed by atoms with Crippen molar-refractivity contribution < 1.29 is 13.9 Å². The maximum Gasteiger partial charge on any atom is 0.193 e. The smallest absolute Gasteiger partial charge is 0.193 e. The Balaban J connectivity index is 1.86. The minimum Gasteiger partial charge on any atom is -0.497 e. The number of benzene rings is 2. The Kier molecular flexibility index (Phi) is 5.80. The third-order valence-electron chi connectivity index (χ3n) is 3.01. The highest BCUT2D eigenvalue weighted by Crippen LogP contribution is 2.16. The molecule has 0 heterocycles. The van der Waals surface area contributed by atoms with Crippen LogP contribution in [0.5, 0.6) is 11.5 Å². The summed E-state index contributed by atoms with van der Waals surface area (Å²) in [6, 6.07) is 13.2.